The van der Waals surface area contributed by atoms with Gasteiger partial charge in [-0.1, -0.05) is 24.6 Å². The van der Waals surface area contributed by atoms with Crippen molar-refractivity contribution in [1.29, 1.82) is 0 Å². The van der Waals surface area contributed by atoms with Crippen molar-refractivity contribution in [3.05, 3.63) is 52.6 Å². The van der Waals surface area contributed by atoms with Crippen molar-refractivity contribution in [1.82, 2.24) is 9.55 Å². The van der Waals surface area contributed by atoms with Crippen LogP contribution in [0, 0.1) is 6.92 Å². The number of aromatic nitrogens is 2. The summed E-state index contributed by atoms with van der Waals surface area (Å²) in [5, 5.41) is 0.567. The van der Waals surface area contributed by atoms with E-state index in [4.69, 9.17) is 11.6 Å². The minimum atomic E-state index is -0.0755. The van der Waals surface area contributed by atoms with Crippen molar-refractivity contribution in [2.45, 2.75) is 26.8 Å². The fourth-order valence-corrected chi connectivity index (χ4v) is 2.07. The van der Waals surface area contributed by atoms with Crippen LogP contribution in [0.25, 0.3) is 0 Å². The molecule has 0 spiro atoms. The summed E-state index contributed by atoms with van der Waals surface area (Å²) in [6.07, 6.45) is 4.45. The largest absolute Gasteiger partial charge is 0.328 e. The standard InChI is InChI=1S/C14H15ClN2O/c1-3-7-17-8-6-16-14(17)13(18)12-9-11(15)5-4-10(12)2/h4-6,8-9H,3,7H2,1-2H3. The molecule has 0 aliphatic heterocycles. The van der Waals surface area contributed by atoms with Gasteiger partial charge in [0.15, 0.2) is 5.82 Å². The molecule has 3 nitrogen and oxygen atoms in total. The number of hydrogen-bond acceptors (Lipinski definition) is 2. The first-order chi connectivity index (χ1) is 8.63. The van der Waals surface area contributed by atoms with Crippen LogP contribution in [0.3, 0.4) is 0 Å². The van der Waals surface area contributed by atoms with Crippen LogP contribution in [0.4, 0.5) is 0 Å². The topological polar surface area (TPSA) is 34.9 Å². The first-order valence-corrected chi connectivity index (χ1v) is 6.33. The fourth-order valence-electron chi connectivity index (χ4n) is 1.90. The van der Waals surface area contributed by atoms with E-state index in [2.05, 4.69) is 11.9 Å². The summed E-state index contributed by atoms with van der Waals surface area (Å²) in [6, 6.07) is 5.33. The van der Waals surface area contributed by atoms with Gasteiger partial charge in [-0.2, -0.15) is 0 Å². The third-order valence-corrected chi connectivity index (χ3v) is 3.06. The van der Waals surface area contributed by atoms with Crippen molar-refractivity contribution in [3.63, 3.8) is 0 Å². The number of hydrogen-bond donors (Lipinski definition) is 0. The van der Waals surface area contributed by atoms with Gasteiger partial charge in [-0.25, -0.2) is 4.98 Å². The minimum Gasteiger partial charge on any atom is -0.328 e. The molecule has 4 heteroatoms. The fraction of sp³-hybridized carbons (Fsp3) is 0.286. The van der Waals surface area contributed by atoms with Gasteiger partial charge in [-0.15, -0.1) is 0 Å². The molecule has 0 saturated carbocycles. The number of imidazole rings is 1. The molecule has 2 aromatic rings. The first-order valence-electron chi connectivity index (χ1n) is 5.95. The second-order valence-corrected chi connectivity index (χ2v) is 4.67. The smallest absolute Gasteiger partial charge is 0.228 e. The van der Waals surface area contributed by atoms with Gasteiger partial charge < -0.3 is 4.57 Å². The average molecular weight is 263 g/mol. The highest BCUT2D eigenvalue weighted by molar-refractivity contribution is 6.31. The Bertz CT molecular complexity index is 575. The molecule has 1 aromatic carbocycles. The maximum Gasteiger partial charge on any atom is 0.228 e. The SMILES string of the molecule is CCCn1ccnc1C(=O)c1cc(Cl)ccc1C. The molecule has 0 bridgehead atoms. The zero-order valence-electron chi connectivity index (χ0n) is 10.5. The van der Waals surface area contributed by atoms with E-state index >= 15 is 0 Å². The first kappa shape index (κ1) is 12.8. The molecule has 0 aliphatic carbocycles. The number of ketones is 1. The highest BCUT2D eigenvalue weighted by atomic mass is 35.5. The van der Waals surface area contributed by atoms with Crippen molar-refractivity contribution in [2.24, 2.45) is 0 Å². The summed E-state index contributed by atoms with van der Waals surface area (Å²) in [5.74, 6) is 0.399. The molecule has 0 aliphatic rings. The number of carbonyl (C=O) groups excluding carboxylic acids is 1. The predicted molar refractivity (Wildman–Crippen MR) is 72.1 cm³/mol. The highest BCUT2D eigenvalue weighted by Gasteiger charge is 2.17. The molecule has 18 heavy (non-hydrogen) atoms. The van der Waals surface area contributed by atoms with Gasteiger partial charge in [0.05, 0.1) is 0 Å². The lowest BCUT2D eigenvalue weighted by Gasteiger charge is -2.07. The third kappa shape index (κ3) is 2.46. The summed E-state index contributed by atoms with van der Waals surface area (Å²) in [6.45, 7) is 4.76. The quantitative estimate of drug-likeness (QED) is 0.791. The van der Waals surface area contributed by atoms with Crippen LogP contribution in [0.5, 0.6) is 0 Å². The summed E-state index contributed by atoms with van der Waals surface area (Å²) < 4.78 is 1.88. The van der Waals surface area contributed by atoms with E-state index in [1.54, 1.807) is 18.3 Å². The summed E-state index contributed by atoms with van der Waals surface area (Å²) in [4.78, 5) is 16.6. The lowest BCUT2D eigenvalue weighted by molar-refractivity contribution is 0.102. The summed E-state index contributed by atoms with van der Waals surface area (Å²) >= 11 is 5.94. The maximum atomic E-state index is 12.4. The van der Waals surface area contributed by atoms with E-state index in [1.807, 2.05) is 23.8 Å². The summed E-state index contributed by atoms with van der Waals surface area (Å²) in [7, 11) is 0. The van der Waals surface area contributed by atoms with Crippen LogP contribution in [0.1, 0.15) is 35.1 Å². The Morgan fingerprint density at radius 1 is 1.44 bits per heavy atom. The van der Waals surface area contributed by atoms with E-state index in [0.717, 1.165) is 18.5 Å². The zero-order valence-corrected chi connectivity index (χ0v) is 11.2. The number of carbonyl (C=O) groups is 1. The Balaban J connectivity index is 2.41. The summed E-state index contributed by atoms with van der Waals surface area (Å²) in [5.41, 5.74) is 1.53. The number of rotatable bonds is 4. The van der Waals surface area contributed by atoms with Crippen molar-refractivity contribution in [2.75, 3.05) is 0 Å². The lowest BCUT2D eigenvalue weighted by atomic mass is 10.0. The number of aryl methyl sites for hydroxylation is 2. The molecule has 2 rings (SSSR count). The Morgan fingerprint density at radius 2 is 2.22 bits per heavy atom. The van der Waals surface area contributed by atoms with Gasteiger partial charge in [0.1, 0.15) is 0 Å². The molecule has 1 aromatic heterocycles. The van der Waals surface area contributed by atoms with Crippen LogP contribution >= 0.6 is 11.6 Å². The Morgan fingerprint density at radius 3 is 2.94 bits per heavy atom. The molecular formula is C14H15ClN2O. The third-order valence-electron chi connectivity index (χ3n) is 2.83. The second kappa shape index (κ2) is 5.36. The van der Waals surface area contributed by atoms with E-state index in [1.165, 1.54) is 0 Å². The van der Waals surface area contributed by atoms with E-state index < -0.39 is 0 Å². The van der Waals surface area contributed by atoms with E-state index in [-0.39, 0.29) is 5.78 Å². The minimum absolute atomic E-state index is 0.0755. The average Bonchev–Trinajstić information content (AvgIpc) is 2.80. The van der Waals surface area contributed by atoms with Gasteiger partial charge >= 0.3 is 0 Å². The van der Waals surface area contributed by atoms with Crippen molar-refractivity contribution in [3.8, 4) is 0 Å². The van der Waals surface area contributed by atoms with Gasteiger partial charge in [-0.05, 0) is 31.0 Å². The predicted octanol–water partition coefficient (Wildman–Crippen LogP) is 3.49. The lowest BCUT2D eigenvalue weighted by Crippen LogP contribution is -2.12. The Kier molecular flexibility index (Phi) is 3.82. The molecule has 94 valence electrons. The van der Waals surface area contributed by atoms with Crippen LogP contribution in [0.2, 0.25) is 5.02 Å². The second-order valence-electron chi connectivity index (χ2n) is 4.23. The Labute approximate surface area is 111 Å². The normalized spacial score (nSPS) is 10.6. The highest BCUT2D eigenvalue weighted by Crippen LogP contribution is 2.18. The van der Waals surface area contributed by atoms with Crippen molar-refractivity contribution >= 4 is 17.4 Å². The van der Waals surface area contributed by atoms with Gasteiger partial charge in [0.25, 0.3) is 0 Å². The number of nitrogens with zero attached hydrogens (tertiary/aromatic N) is 2. The number of benzene rings is 1. The van der Waals surface area contributed by atoms with Crippen LogP contribution < -0.4 is 0 Å². The monoisotopic (exact) mass is 262 g/mol. The maximum absolute atomic E-state index is 12.4. The zero-order chi connectivity index (χ0) is 13.1. The molecular weight excluding hydrogens is 248 g/mol. The van der Waals surface area contributed by atoms with E-state index in [9.17, 15) is 4.79 Å². The number of halogens is 1. The van der Waals surface area contributed by atoms with Crippen LogP contribution in [-0.4, -0.2) is 15.3 Å². The van der Waals surface area contributed by atoms with Crippen LogP contribution in [0.15, 0.2) is 30.6 Å². The molecule has 0 saturated heterocycles. The molecule has 0 fully saturated rings. The molecule has 0 amide bonds. The Hall–Kier alpha value is -1.61. The van der Waals surface area contributed by atoms with Gasteiger partial charge in [0, 0.05) is 29.5 Å². The molecule has 1 heterocycles. The molecule has 0 unspecified atom stereocenters. The molecule has 0 radical (unpaired) electrons. The molecule has 0 atom stereocenters. The molecule has 0 N–H and O–H groups in total. The van der Waals surface area contributed by atoms with Gasteiger partial charge in [0.2, 0.25) is 5.78 Å². The van der Waals surface area contributed by atoms with E-state index in [0.29, 0.717) is 16.4 Å². The van der Waals surface area contributed by atoms with Gasteiger partial charge in [-0.3, -0.25) is 4.79 Å². The van der Waals surface area contributed by atoms with Crippen LogP contribution in [-0.2, 0) is 6.54 Å². The van der Waals surface area contributed by atoms with Crippen molar-refractivity contribution < 1.29 is 4.79 Å².